The van der Waals surface area contributed by atoms with Gasteiger partial charge in [-0.25, -0.2) is 9.67 Å². The molecule has 0 spiro atoms. The molecule has 2 aliphatic rings. The van der Waals surface area contributed by atoms with Gasteiger partial charge in [0.15, 0.2) is 0 Å². The van der Waals surface area contributed by atoms with Crippen LogP contribution in [-0.4, -0.2) is 44.6 Å². The van der Waals surface area contributed by atoms with Gasteiger partial charge in [-0.1, -0.05) is 30.3 Å². The Morgan fingerprint density at radius 1 is 1.00 bits per heavy atom. The number of nitrogens with zero attached hydrogens (tertiary/aromatic N) is 3. The third-order valence-corrected chi connectivity index (χ3v) is 8.18. The van der Waals surface area contributed by atoms with Crippen LogP contribution in [0.5, 0.6) is 0 Å². The standard InChI is InChI=1S/C27H27N5O3S/c33-24-8-7-23(25(34)29-24)32-27(35)21-6-5-20(15-22(21)30-32)18-9-12-31(13-10-18)16-17-1-3-19(4-2-17)26-28-11-14-36-26/h1-6,11,14-15,18,23,30H,7-10,12-13,16H2,(H,29,33,34). The Bertz CT molecular complexity index is 1460. The summed E-state index contributed by atoms with van der Waals surface area (Å²) in [5.41, 5.74) is 4.20. The second-order valence-electron chi connectivity index (χ2n) is 9.64. The zero-order valence-electron chi connectivity index (χ0n) is 19.8. The maximum Gasteiger partial charge on any atom is 0.275 e. The van der Waals surface area contributed by atoms with E-state index in [1.807, 2.05) is 23.7 Å². The Morgan fingerprint density at radius 2 is 1.81 bits per heavy atom. The summed E-state index contributed by atoms with van der Waals surface area (Å²) in [5.74, 6) is -0.285. The van der Waals surface area contributed by atoms with Gasteiger partial charge in [-0.3, -0.25) is 29.7 Å². The molecule has 2 saturated heterocycles. The fraction of sp³-hybridized carbons (Fsp3) is 0.333. The molecule has 4 heterocycles. The van der Waals surface area contributed by atoms with E-state index in [9.17, 15) is 14.4 Å². The molecule has 0 radical (unpaired) electrons. The molecule has 0 bridgehead atoms. The highest BCUT2D eigenvalue weighted by Gasteiger charge is 2.30. The molecule has 2 fully saturated rings. The fourth-order valence-corrected chi connectivity index (χ4v) is 6.00. The number of rotatable bonds is 5. The number of nitrogens with one attached hydrogen (secondary N) is 2. The molecule has 2 N–H and O–H groups in total. The molecule has 1 atom stereocenters. The van der Waals surface area contributed by atoms with Crippen LogP contribution < -0.4 is 10.9 Å². The van der Waals surface area contributed by atoms with E-state index in [1.165, 1.54) is 15.8 Å². The average Bonchev–Trinajstić information content (AvgIpc) is 3.54. The molecule has 9 heteroatoms. The summed E-state index contributed by atoms with van der Waals surface area (Å²) in [6, 6.07) is 14.0. The van der Waals surface area contributed by atoms with Crippen LogP contribution in [0, 0.1) is 0 Å². The molecule has 4 aromatic rings. The minimum absolute atomic E-state index is 0.221. The molecule has 2 amide bonds. The average molecular weight is 502 g/mol. The molecular weight excluding hydrogens is 474 g/mol. The van der Waals surface area contributed by atoms with Crippen molar-refractivity contribution in [3.8, 4) is 10.6 Å². The van der Waals surface area contributed by atoms with E-state index in [0.29, 0.717) is 17.7 Å². The van der Waals surface area contributed by atoms with Crippen LogP contribution in [-0.2, 0) is 16.1 Å². The topological polar surface area (TPSA) is 100 Å². The van der Waals surface area contributed by atoms with Crippen molar-refractivity contribution in [2.45, 2.75) is 44.2 Å². The minimum atomic E-state index is -0.676. The van der Waals surface area contributed by atoms with Gasteiger partial charge in [-0.15, -0.1) is 11.3 Å². The van der Waals surface area contributed by atoms with E-state index < -0.39 is 11.9 Å². The van der Waals surface area contributed by atoms with Gasteiger partial charge in [-0.2, -0.15) is 0 Å². The van der Waals surface area contributed by atoms with Gasteiger partial charge in [0.05, 0.1) is 10.9 Å². The van der Waals surface area contributed by atoms with Crippen molar-refractivity contribution in [1.82, 2.24) is 25.0 Å². The van der Waals surface area contributed by atoms with Crippen molar-refractivity contribution >= 4 is 34.1 Å². The van der Waals surface area contributed by atoms with Crippen LogP contribution in [0.15, 0.2) is 58.8 Å². The highest BCUT2D eigenvalue weighted by molar-refractivity contribution is 7.13. The largest absolute Gasteiger partial charge is 0.299 e. The Hall–Kier alpha value is -3.56. The predicted molar refractivity (Wildman–Crippen MR) is 139 cm³/mol. The number of fused-ring (bicyclic) bond motifs is 1. The highest BCUT2D eigenvalue weighted by atomic mass is 32.1. The summed E-state index contributed by atoms with van der Waals surface area (Å²) in [5, 5.41) is 9.08. The number of aromatic amines is 1. The zero-order valence-corrected chi connectivity index (χ0v) is 20.6. The van der Waals surface area contributed by atoms with E-state index in [4.69, 9.17) is 0 Å². The Balaban J connectivity index is 1.11. The first-order chi connectivity index (χ1) is 17.5. The van der Waals surface area contributed by atoms with Crippen molar-refractivity contribution in [3.63, 3.8) is 0 Å². The Kier molecular flexibility index (Phi) is 6.02. The quantitative estimate of drug-likeness (QED) is 0.405. The summed E-state index contributed by atoms with van der Waals surface area (Å²) >= 11 is 1.65. The highest BCUT2D eigenvalue weighted by Crippen LogP contribution is 2.31. The normalized spacial score (nSPS) is 19.6. The lowest BCUT2D eigenvalue weighted by molar-refractivity contribution is -0.136. The molecule has 2 aromatic heterocycles. The van der Waals surface area contributed by atoms with Crippen molar-refractivity contribution in [2.24, 2.45) is 0 Å². The first-order valence-corrected chi connectivity index (χ1v) is 13.2. The first kappa shape index (κ1) is 22.9. The third kappa shape index (κ3) is 4.40. The minimum Gasteiger partial charge on any atom is -0.299 e. The number of piperidine rings is 2. The molecule has 2 aromatic carbocycles. The van der Waals surface area contributed by atoms with E-state index in [-0.39, 0.29) is 17.9 Å². The lowest BCUT2D eigenvalue weighted by Gasteiger charge is -2.32. The van der Waals surface area contributed by atoms with Crippen LogP contribution in [0.4, 0.5) is 0 Å². The van der Waals surface area contributed by atoms with Gasteiger partial charge in [-0.05, 0) is 61.5 Å². The molecule has 0 saturated carbocycles. The SMILES string of the molecule is O=C1CCC(n2[nH]c3cc(C4CCN(Cc5ccc(-c6nccs6)cc5)CC4)ccc3c2=O)C(=O)N1. The number of carbonyl (C=O) groups is 2. The zero-order chi connectivity index (χ0) is 24.6. The van der Waals surface area contributed by atoms with Gasteiger partial charge >= 0.3 is 0 Å². The molecular formula is C27H27N5O3S. The molecule has 184 valence electrons. The van der Waals surface area contributed by atoms with Gasteiger partial charge in [0.1, 0.15) is 11.0 Å². The lowest BCUT2D eigenvalue weighted by Crippen LogP contribution is -2.44. The van der Waals surface area contributed by atoms with Crippen molar-refractivity contribution < 1.29 is 9.59 Å². The Morgan fingerprint density at radius 3 is 2.53 bits per heavy atom. The van der Waals surface area contributed by atoms with Crippen molar-refractivity contribution in [1.29, 1.82) is 0 Å². The van der Waals surface area contributed by atoms with Gasteiger partial charge in [0.25, 0.3) is 11.5 Å². The molecule has 2 aliphatic heterocycles. The van der Waals surface area contributed by atoms with Crippen LogP contribution in [0.3, 0.4) is 0 Å². The van der Waals surface area contributed by atoms with Crippen LogP contribution >= 0.6 is 11.3 Å². The molecule has 0 aliphatic carbocycles. The summed E-state index contributed by atoms with van der Waals surface area (Å²) in [6.07, 6.45) is 4.51. The molecule has 1 unspecified atom stereocenters. The van der Waals surface area contributed by atoms with Crippen LogP contribution in [0.1, 0.15) is 48.8 Å². The van der Waals surface area contributed by atoms with Gasteiger partial charge in [0, 0.05) is 30.1 Å². The summed E-state index contributed by atoms with van der Waals surface area (Å²) in [7, 11) is 0. The van der Waals surface area contributed by atoms with Crippen LogP contribution in [0.25, 0.3) is 21.5 Å². The second kappa shape index (κ2) is 9.48. The number of hydrogen-bond acceptors (Lipinski definition) is 6. The van der Waals surface area contributed by atoms with Gasteiger partial charge in [0.2, 0.25) is 5.91 Å². The number of carbonyl (C=O) groups excluding carboxylic acids is 2. The first-order valence-electron chi connectivity index (χ1n) is 12.3. The van der Waals surface area contributed by atoms with E-state index in [1.54, 1.807) is 11.3 Å². The summed E-state index contributed by atoms with van der Waals surface area (Å²) in [4.78, 5) is 43.5. The molecule has 6 rings (SSSR count). The second-order valence-corrected chi connectivity index (χ2v) is 10.5. The number of thiazole rings is 1. The smallest absolute Gasteiger partial charge is 0.275 e. The van der Waals surface area contributed by atoms with E-state index >= 15 is 0 Å². The summed E-state index contributed by atoms with van der Waals surface area (Å²) < 4.78 is 1.37. The maximum absolute atomic E-state index is 12.9. The van der Waals surface area contributed by atoms with E-state index in [2.05, 4.69) is 50.6 Å². The number of H-pyrrole nitrogens is 1. The van der Waals surface area contributed by atoms with Gasteiger partial charge < -0.3 is 0 Å². The van der Waals surface area contributed by atoms with Crippen molar-refractivity contribution in [3.05, 3.63) is 75.5 Å². The van der Waals surface area contributed by atoms with E-state index in [0.717, 1.165) is 48.6 Å². The monoisotopic (exact) mass is 501 g/mol. The third-order valence-electron chi connectivity index (χ3n) is 7.35. The van der Waals surface area contributed by atoms with Crippen LogP contribution in [0.2, 0.25) is 0 Å². The number of benzene rings is 2. The Labute approximate surface area is 211 Å². The number of aromatic nitrogens is 3. The lowest BCUT2D eigenvalue weighted by atomic mass is 9.89. The van der Waals surface area contributed by atoms with Crippen molar-refractivity contribution in [2.75, 3.05) is 13.1 Å². The number of hydrogen-bond donors (Lipinski definition) is 2. The number of likely N-dealkylation sites (tertiary alicyclic amines) is 1. The fourth-order valence-electron chi connectivity index (χ4n) is 5.35. The number of amides is 2. The summed E-state index contributed by atoms with van der Waals surface area (Å²) in [6.45, 7) is 2.97. The predicted octanol–water partition coefficient (Wildman–Crippen LogP) is 3.81. The maximum atomic E-state index is 12.9. The molecule has 36 heavy (non-hydrogen) atoms. The number of imide groups is 1. The molecule has 8 nitrogen and oxygen atoms in total.